The smallest absolute Gasteiger partial charge is 0.339 e. The van der Waals surface area contributed by atoms with Gasteiger partial charge in [0.2, 0.25) is 5.75 Å². The first-order valence-corrected chi connectivity index (χ1v) is 6.11. The van der Waals surface area contributed by atoms with E-state index in [9.17, 15) is 9.90 Å². The molecule has 0 fully saturated rings. The lowest BCUT2D eigenvalue weighted by Gasteiger charge is -2.17. The van der Waals surface area contributed by atoms with Crippen LogP contribution in [0.15, 0.2) is 12.3 Å². The summed E-state index contributed by atoms with van der Waals surface area (Å²) in [5.41, 5.74) is 1.15. The number of aromatic amines is 1. The van der Waals surface area contributed by atoms with Crippen LogP contribution in [0, 0.1) is 6.92 Å². The number of hydrogen-bond donors (Lipinski definition) is 2. The Morgan fingerprint density at radius 1 is 1.14 bits per heavy atom. The van der Waals surface area contributed by atoms with Crippen molar-refractivity contribution in [1.29, 1.82) is 0 Å². The number of ether oxygens (including phenoxy) is 3. The fourth-order valence-electron chi connectivity index (χ4n) is 2.13. The van der Waals surface area contributed by atoms with Gasteiger partial charge >= 0.3 is 5.97 Å². The summed E-state index contributed by atoms with van der Waals surface area (Å²) in [4.78, 5) is 18.6. The van der Waals surface area contributed by atoms with Crippen LogP contribution in [0.2, 0.25) is 0 Å². The summed E-state index contributed by atoms with van der Waals surface area (Å²) in [7, 11) is 4.28. The third-order valence-electron chi connectivity index (χ3n) is 3.03. The molecule has 0 saturated carbocycles. The predicted molar refractivity (Wildman–Crippen MR) is 75.4 cm³/mol. The van der Waals surface area contributed by atoms with Crippen LogP contribution in [0.4, 0.5) is 0 Å². The maximum Gasteiger partial charge on any atom is 0.339 e. The van der Waals surface area contributed by atoms with Crippen LogP contribution in [0.25, 0.3) is 11.3 Å². The van der Waals surface area contributed by atoms with Crippen molar-refractivity contribution >= 4 is 5.97 Å². The third-order valence-corrected chi connectivity index (χ3v) is 3.03. The van der Waals surface area contributed by atoms with Crippen LogP contribution in [0.5, 0.6) is 17.2 Å². The molecular weight excluding hydrogens is 276 g/mol. The summed E-state index contributed by atoms with van der Waals surface area (Å²) in [5, 5.41) is 9.35. The van der Waals surface area contributed by atoms with Gasteiger partial charge in [0, 0.05) is 5.56 Å². The minimum absolute atomic E-state index is 0.0163. The predicted octanol–water partition coefficient (Wildman–Crippen LogP) is 2.11. The Balaban J connectivity index is 2.80. The Labute approximate surface area is 121 Å². The Bertz CT molecular complexity index is 678. The summed E-state index contributed by atoms with van der Waals surface area (Å²) < 4.78 is 15.8. The molecule has 7 heteroatoms. The molecule has 0 aliphatic heterocycles. The number of hydrogen-bond acceptors (Lipinski definition) is 5. The molecule has 7 nitrogen and oxygen atoms in total. The van der Waals surface area contributed by atoms with Crippen molar-refractivity contribution < 1.29 is 24.1 Å². The number of rotatable bonds is 5. The van der Waals surface area contributed by atoms with Crippen LogP contribution in [-0.4, -0.2) is 42.4 Å². The molecule has 21 heavy (non-hydrogen) atoms. The molecule has 0 spiro atoms. The van der Waals surface area contributed by atoms with Gasteiger partial charge in [-0.3, -0.25) is 0 Å². The van der Waals surface area contributed by atoms with E-state index in [2.05, 4.69) is 9.97 Å². The molecule has 1 aromatic carbocycles. The zero-order valence-corrected chi connectivity index (χ0v) is 12.2. The number of nitrogens with one attached hydrogen (secondary N) is 1. The molecule has 0 aliphatic rings. The van der Waals surface area contributed by atoms with Gasteiger partial charge in [-0.15, -0.1) is 0 Å². The van der Waals surface area contributed by atoms with Crippen molar-refractivity contribution in [2.24, 2.45) is 0 Å². The number of aromatic nitrogens is 2. The fraction of sp³-hybridized carbons (Fsp3) is 0.286. The van der Waals surface area contributed by atoms with E-state index in [1.165, 1.54) is 27.4 Å². The minimum Gasteiger partial charge on any atom is -0.492 e. The first kappa shape index (κ1) is 14.7. The highest BCUT2D eigenvalue weighted by Gasteiger charge is 2.25. The van der Waals surface area contributed by atoms with Gasteiger partial charge in [-0.2, -0.15) is 0 Å². The largest absolute Gasteiger partial charge is 0.492 e. The second-order valence-corrected chi connectivity index (χ2v) is 4.26. The van der Waals surface area contributed by atoms with Crippen LogP contribution in [0.1, 0.15) is 16.2 Å². The number of nitrogens with zero attached hydrogens (tertiary/aromatic N) is 1. The number of methoxy groups -OCH3 is 3. The Morgan fingerprint density at radius 3 is 2.19 bits per heavy atom. The van der Waals surface area contributed by atoms with Gasteiger partial charge in [0.05, 0.1) is 33.2 Å². The maximum absolute atomic E-state index is 11.4. The molecule has 0 atom stereocenters. The summed E-state index contributed by atoms with van der Waals surface area (Å²) in [6.07, 6.45) is 1.60. The molecule has 2 rings (SSSR count). The minimum atomic E-state index is -1.12. The molecule has 0 saturated heterocycles. The maximum atomic E-state index is 11.4. The molecule has 1 aromatic heterocycles. The summed E-state index contributed by atoms with van der Waals surface area (Å²) in [6, 6.07) is 1.47. The average Bonchev–Trinajstić information content (AvgIpc) is 2.90. The second kappa shape index (κ2) is 5.74. The highest BCUT2D eigenvalue weighted by Crippen LogP contribution is 2.46. The lowest BCUT2D eigenvalue weighted by Crippen LogP contribution is -2.05. The van der Waals surface area contributed by atoms with E-state index in [0.29, 0.717) is 22.8 Å². The molecule has 0 unspecified atom stereocenters. The highest BCUT2D eigenvalue weighted by atomic mass is 16.5. The molecule has 2 N–H and O–H groups in total. The van der Waals surface area contributed by atoms with Gasteiger partial charge in [-0.25, -0.2) is 9.78 Å². The summed E-state index contributed by atoms with van der Waals surface area (Å²) >= 11 is 0. The molecule has 0 amide bonds. The van der Waals surface area contributed by atoms with Gasteiger partial charge in [0.1, 0.15) is 11.4 Å². The quantitative estimate of drug-likeness (QED) is 0.876. The highest BCUT2D eigenvalue weighted by molar-refractivity contribution is 5.95. The van der Waals surface area contributed by atoms with Gasteiger partial charge in [-0.1, -0.05) is 0 Å². The number of aryl methyl sites for hydroxylation is 1. The van der Waals surface area contributed by atoms with E-state index in [4.69, 9.17) is 14.2 Å². The molecule has 0 aliphatic carbocycles. The first-order valence-electron chi connectivity index (χ1n) is 6.11. The van der Waals surface area contributed by atoms with Crippen molar-refractivity contribution in [2.75, 3.05) is 21.3 Å². The number of H-pyrrole nitrogens is 1. The van der Waals surface area contributed by atoms with Crippen LogP contribution in [0.3, 0.4) is 0 Å². The normalized spacial score (nSPS) is 10.3. The molecule has 2 aromatic rings. The van der Waals surface area contributed by atoms with E-state index in [0.717, 1.165) is 0 Å². The number of carbonyl (C=O) groups is 1. The van der Waals surface area contributed by atoms with Gasteiger partial charge < -0.3 is 24.3 Å². The standard InChI is InChI=1S/C14H16N2O5/c1-7-15-6-10(16-7)8-5-9(14(17)18)12(20-3)13(21-4)11(8)19-2/h5-6H,1-4H3,(H,15,16)(H,17,18). The average molecular weight is 292 g/mol. The molecule has 112 valence electrons. The Kier molecular flexibility index (Phi) is 4.02. The van der Waals surface area contributed by atoms with Crippen LogP contribution < -0.4 is 14.2 Å². The van der Waals surface area contributed by atoms with Crippen molar-refractivity contribution in [2.45, 2.75) is 6.92 Å². The molecule has 1 heterocycles. The molecular formula is C14H16N2O5. The van der Waals surface area contributed by atoms with Gasteiger partial charge in [0.15, 0.2) is 11.5 Å². The van der Waals surface area contributed by atoms with E-state index in [1.54, 1.807) is 13.1 Å². The topological polar surface area (TPSA) is 93.7 Å². The number of benzene rings is 1. The number of imidazole rings is 1. The first-order chi connectivity index (χ1) is 10.0. The van der Waals surface area contributed by atoms with E-state index in [-0.39, 0.29) is 17.1 Å². The van der Waals surface area contributed by atoms with Gasteiger partial charge in [-0.05, 0) is 13.0 Å². The molecule has 0 bridgehead atoms. The van der Waals surface area contributed by atoms with Crippen molar-refractivity contribution in [3.05, 3.63) is 23.7 Å². The second-order valence-electron chi connectivity index (χ2n) is 4.26. The number of carboxylic acids is 1. The van der Waals surface area contributed by atoms with Crippen molar-refractivity contribution in [1.82, 2.24) is 9.97 Å². The summed E-state index contributed by atoms with van der Waals surface area (Å²) in [6.45, 7) is 1.80. The Morgan fingerprint density at radius 2 is 1.76 bits per heavy atom. The zero-order valence-electron chi connectivity index (χ0n) is 12.2. The number of aromatic carboxylic acids is 1. The summed E-state index contributed by atoms with van der Waals surface area (Å²) in [5.74, 6) is 0.302. The van der Waals surface area contributed by atoms with E-state index >= 15 is 0 Å². The zero-order chi connectivity index (χ0) is 15.6. The van der Waals surface area contributed by atoms with E-state index < -0.39 is 5.97 Å². The lowest BCUT2D eigenvalue weighted by molar-refractivity contribution is 0.0692. The Hall–Kier alpha value is -2.70. The monoisotopic (exact) mass is 292 g/mol. The third kappa shape index (κ3) is 2.49. The number of carboxylic acid groups (broad SMARTS) is 1. The van der Waals surface area contributed by atoms with E-state index in [1.807, 2.05) is 0 Å². The van der Waals surface area contributed by atoms with Crippen molar-refractivity contribution in [3.8, 4) is 28.5 Å². The van der Waals surface area contributed by atoms with Crippen LogP contribution in [-0.2, 0) is 0 Å². The van der Waals surface area contributed by atoms with Crippen molar-refractivity contribution in [3.63, 3.8) is 0 Å². The lowest BCUT2D eigenvalue weighted by atomic mass is 10.0. The molecule has 0 radical (unpaired) electrons. The van der Waals surface area contributed by atoms with Crippen LogP contribution >= 0.6 is 0 Å². The SMILES string of the molecule is COc1c(C(=O)O)cc(-c2cnc(C)[nH]2)c(OC)c1OC. The fourth-order valence-corrected chi connectivity index (χ4v) is 2.13. The van der Waals surface area contributed by atoms with Gasteiger partial charge in [0.25, 0.3) is 0 Å².